The highest BCUT2D eigenvalue weighted by Gasteiger charge is 2.50. The van der Waals surface area contributed by atoms with E-state index in [9.17, 15) is 0 Å². The molecular formula is C80H112O12P2. The fourth-order valence-corrected chi connectivity index (χ4v) is 19.1. The molecule has 2 aliphatic rings. The highest BCUT2D eigenvalue weighted by molar-refractivity contribution is 7.86. The minimum atomic E-state index is -4.46. The molecule has 0 atom stereocenters. The Morgan fingerprint density at radius 3 is 0.766 bits per heavy atom. The molecule has 0 spiro atoms. The number of hydrogen-bond acceptors (Lipinski definition) is 12. The zero-order valence-electron chi connectivity index (χ0n) is 63.6. The molecule has 94 heavy (non-hydrogen) atoms. The molecule has 2 aliphatic heterocycles. The van der Waals surface area contributed by atoms with E-state index in [1.165, 1.54) is 0 Å². The van der Waals surface area contributed by atoms with E-state index in [-0.39, 0.29) is 28.7 Å². The van der Waals surface area contributed by atoms with Gasteiger partial charge in [0, 0.05) is 110 Å². The Morgan fingerprint density at radius 2 is 0.521 bits per heavy atom. The highest BCUT2D eigenvalue weighted by Crippen LogP contribution is 2.64. The maximum atomic E-state index is 19.3. The van der Waals surface area contributed by atoms with E-state index in [2.05, 4.69) is 215 Å². The Labute approximate surface area is 564 Å². The van der Waals surface area contributed by atoms with Crippen LogP contribution in [0.2, 0.25) is 0 Å². The van der Waals surface area contributed by atoms with Gasteiger partial charge in [0.05, 0.1) is 48.0 Å². The standard InChI is InChI=1S/C80H112O12P2/c1-71(2,3)50-35-45(36-51(63(50)84-30)72(4,5)6)93(81,46-37-52(73(7,8)9)64(85-31)53(38-46)74(10,11)12)59-44-58(83-29)67-69(91-80(27,28)90-67)61(59)49-43-60(68(88-34)70-62(49)89-79(25,26)92-70)94(82,47-39-54(75(13,14)15)65(86-32)55(40-47)76(16,17)18)48-41-56(77(19,20)21)66(87-33)57(42-48)78(22,23)24/h35-44H,1-34H3. The fraction of sp³-hybridized carbons (Fsp3) is 0.550. The van der Waals surface area contributed by atoms with E-state index in [4.69, 9.17) is 47.4 Å². The Hall–Kier alpha value is -6.22. The summed E-state index contributed by atoms with van der Waals surface area (Å²) in [4.78, 5) is 0. The van der Waals surface area contributed by atoms with Crippen molar-refractivity contribution < 1.29 is 56.5 Å². The van der Waals surface area contributed by atoms with Gasteiger partial charge in [-0.25, -0.2) is 0 Å². The lowest BCUT2D eigenvalue weighted by molar-refractivity contribution is -0.0449. The lowest BCUT2D eigenvalue weighted by Crippen LogP contribution is -2.33. The van der Waals surface area contributed by atoms with Crippen LogP contribution < -0.4 is 79.2 Å². The zero-order valence-corrected chi connectivity index (χ0v) is 65.4. The molecule has 6 aromatic carbocycles. The molecule has 0 unspecified atom stereocenters. The summed E-state index contributed by atoms with van der Waals surface area (Å²) in [5.41, 5.74) is 3.54. The maximum Gasteiger partial charge on any atom is 0.246 e. The van der Waals surface area contributed by atoms with Crippen LogP contribution in [0.25, 0.3) is 11.1 Å². The summed E-state index contributed by atoms with van der Waals surface area (Å²) in [5, 5.41) is 2.78. The van der Waals surface area contributed by atoms with E-state index in [1.807, 2.05) is 39.8 Å². The van der Waals surface area contributed by atoms with Gasteiger partial charge in [-0.05, 0) is 104 Å². The van der Waals surface area contributed by atoms with Crippen LogP contribution in [0.5, 0.6) is 57.5 Å². The highest BCUT2D eigenvalue weighted by atomic mass is 31.2. The first-order valence-corrected chi connectivity index (χ1v) is 36.5. The summed E-state index contributed by atoms with van der Waals surface area (Å²) in [6.45, 7) is 59.0. The fourth-order valence-electron chi connectivity index (χ4n) is 13.3. The second-order valence-electron chi connectivity index (χ2n) is 35.0. The first-order chi connectivity index (χ1) is 42.6. The minimum Gasteiger partial charge on any atom is -0.496 e. The van der Waals surface area contributed by atoms with Gasteiger partial charge in [-0.3, -0.25) is 0 Å². The van der Waals surface area contributed by atoms with Crippen LogP contribution in [0.1, 0.15) is 238 Å². The number of ether oxygens (including phenoxy) is 10. The molecular weight excluding hydrogens is 1210 g/mol. The summed E-state index contributed by atoms with van der Waals surface area (Å²) < 4.78 is 106. The van der Waals surface area contributed by atoms with Crippen LogP contribution in [0, 0.1) is 0 Å². The number of methoxy groups -OCH3 is 6. The van der Waals surface area contributed by atoms with E-state index < -0.39 is 69.2 Å². The van der Waals surface area contributed by atoms with Crippen LogP contribution in [-0.4, -0.2) is 54.2 Å². The number of rotatable bonds is 13. The second kappa shape index (κ2) is 23.8. The average molecular weight is 1330 g/mol. The molecule has 0 radical (unpaired) electrons. The molecule has 0 bridgehead atoms. The lowest BCUT2D eigenvalue weighted by atomic mass is 9.79. The van der Waals surface area contributed by atoms with Gasteiger partial charge in [0.25, 0.3) is 0 Å². The molecule has 514 valence electrons. The summed E-state index contributed by atoms with van der Waals surface area (Å²) in [6.07, 6.45) is 0. The van der Waals surface area contributed by atoms with Crippen molar-refractivity contribution >= 4 is 46.1 Å². The van der Waals surface area contributed by atoms with Crippen LogP contribution in [0.4, 0.5) is 0 Å². The van der Waals surface area contributed by atoms with Gasteiger partial charge in [0.2, 0.25) is 23.1 Å². The number of benzene rings is 6. The number of fused-ring (bicyclic) bond motifs is 2. The molecule has 0 fully saturated rings. The van der Waals surface area contributed by atoms with Gasteiger partial charge in [-0.15, -0.1) is 0 Å². The van der Waals surface area contributed by atoms with Crippen molar-refractivity contribution in [3.63, 3.8) is 0 Å². The van der Waals surface area contributed by atoms with E-state index in [1.54, 1.807) is 42.7 Å². The third kappa shape index (κ3) is 13.0. The predicted octanol–water partition coefficient (Wildman–Crippen LogP) is 18.1. The van der Waals surface area contributed by atoms with Crippen LogP contribution in [0.15, 0.2) is 60.7 Å². The molecule has 14 heteroatoms. The minimum absolute atomic E-state index is 0.203. The predicted molar refractivity (Wildman–Crippen MR) is 390 cm³/mol. The van der Waals surface area contributed by atoms with Crippen molar-refractivity contribution in [2.45, 2.75) is 249 Å². The van der Waals surface area contributed by atoms with Crippen molar-refractivity contribution in [2.75, 3.05) is 42.7 Å². The lowest BCUT2D eigenvalue weighted by Gasteiger charge is -2.35. The third-order valence-corrected chi connectivity index (χ3v) is 24.1. The van der Waals surface area contributed by atoms with Crippen molar-refractivity contribution in [1.82, 2.24) is 0 Å². The van der Waals surface area contributed by atoms with Gasteiger partial charge < -0.3 is 56.5 Å². The molecule has 0 aliphatic carbocycles. The largest absolute Gasteiger partial charge is 0.496 e. The Kier molecular flexibility index (Phi) is 18.6. The smallest absolute Gasteiger partial charge is 0.246 e. The number of hydrogen-bond donors (Lipinski definition) is 0. The quantitative estimate of drug-likeness (QED) is 0.102. The summed E-state index contributed by atoms with van der Waals surface area (Å²) in [6, 6.07) is 20.3. The van der Waals surface area contributed by atoms with Crippen LogP contribution in [0.3, 0.4) is 0 Å². The zero-order chi connectivity index (χ0) is 71.2. The van der Waals surface area contributed by atoms with Crippen LogP contribution >= 0.6 is 14.3 Å². The van der Waals surface area contributed by atoms with Gasteiger partial charge in [-0.2, -0.15) is 0 Å². The van der Waals surface area contributed by atoms with E-state index in [0.717, 1.165) is 56.0 Å². The first-order valence-electron chi connectivity index (χ1n) is 33.0. The Bertz CT molecular complexity index is 3750. The summed E-state index contributed by atoms with van der Waals surface area (Å²) >= 11 is 0. The van der Waals surface area contributed by atoms with Crippen molar-refractivity contribution in [2.24, 2.45) is 0 Å². The molecule has 0 saturated carbocycles. The van der Waals surface area contributed by atoms with Gasteiger partial charge >= 0.3 is 0 Å². The molecule has 0 N–H and O–H groups in total. The maximum absolute atomic E-state index is 19.3. The molecule has 0 amide bonds. The Balaban J connectivity index is 1.78. The van der Waals surface area contributed by atoms with E-state index in [0.29, 0.717) is 60.2 Å². The first kappa shape index (κ1) is 73.6. The van der Waals surface area contributed by atoms with Crippen molar-refractivity contribution in [3.8, 4) is 68.6 Å². The monoisotopic (exact) mass is 1330 g/mol. The third-order valence-electron chi connectivity index (χ3n) is 18.1. The SMILES string of the molecule is COc1cc(P(=O)(c2cc(C(C)(C)C)c(OC)c(C(C)(C)C)c2)c2cc(C(C)(C)C)c(OC)c(C(C)(C)C)c2)c(-c2cc(P(=O)(c3cc(C(C)(C)C)c(OC)c(C(C)(C)C)c3)c3cc(C(C)(C)C)c(OC)c(C(C)(C)C)c3)c(OC)c3c2OC(C)(C)O3)c2c1OC(C)(C)O2. The summed E-state index contributed by atoms with van der Waals surface area (Å²) in [5.74, 6) is 1.72. The molecule has 2 heterocycles. The molecule has 6 aromatic rings. The second-order valence-corrected chi connectivity index (χ2v) is 40.5. The molecule has 0 saturated heterocycles. The molecule has 0 aromatic heterocycles. The van der Waals surface area contributed by atoms with Gasteiger partial charge in [0.1, 0.15) is 23.0 Å². The molecule has 12 nitrogen and oxygen atoms in total. The average Bonchev–Trinajstić information content (AvgIpc) is 1.24. The topological polar surface area (TPSA) is 126 Å². The van der Waals surface area contributed by atoms with Crippen molar-refractivity contribution in [1.29, 1.82) is 0 Å². The normalized spacial score (nSPS) is 15.3. The van der Waals surface area contributed by atoms with Crippen LogP contribution in [-0.2, 0) is 52.5 Å². The van der Waals surface area contributed by atoms with Gasteiger partial charge in [-0.1, -0.05) is 166 Å². The van der Waals surface area contributed by atoms with E-state index >= 15 is 9.13 Å². The Morgan fingerprint density at radius 1 is 0.287 bits per heavy atom. The summed E-state index contributed by atoms with van der Waals surface area (Å²) in [7, 11) is 1.13. The van der Waals surface area contributed by atoms with Gasteiger partial charge in [0.15, 0.2) is 37.3 Å². The molecule has 8 rings (SSSR count). The van der Waals surface area contributed by atoms with Crippen molar-refractivity contribution in [3.05, 3.63) is 105 Å².